The Hall–Kier alpha value is -1.16. The lowest BCUT2D eigenvalue weighted by atomic mass is 9.80. The second kappa shape index (κ2) is 5.87. The second-order valence-electron chi connectivity index (χ2n) is 5.37. The number of para-hydroxylation sites is 1. The molecular formula is C15H21F2NO. The molecule has 2 N–H and O–H groups in total. The summed E-state index contributed by atoms with van der Waals surface area (Å²) in [5, 5.41) is 0. The van der Waals surface area contributed by atoms with Crippen molar-refractivity contribution < 1.29 is 13.5 Å². The summed E-state index contributed by atoms with van der Waals surface area (Å²) in [6.07, 6.45) is 1.65. The summed E-state index contributed by atoms with van der Waals surface area (Å²) in [5.41, 5.74) is 7.24. The maximum Gasteiger partial charge on any atom is 0.248 e. The van der Waals surface area contributed by atoms with Gasteiger partial charge in [-0.2, -0.15) is 0 Å². The summed E-state index contributed by atoms with van der Waals surface area (Å²) in [6, 6.07) is 7.66. The molecule has 2 nitrogen and oxygen atoms in total. The van der Waals surface area contributed by atoms with Crippen LogP contribution < -0.4 is 10.5 Å². The first kappa shape index (κ1) is 14.3. The van der Waals surface area contributed by atoms with Gasteiger partial charge in [0.1, 0.15) is 5.75 Å². The van der Waals surface area contributed by atoms with E-state index in [-0.39, 0.29) is 24.8 Å². The smallest absolute Gasteiger partial charge is 0.248 e. The van der Waals surface area contributed by atoms with E-state index in [9.17, 15) is 8.78 Å². The van der Waals surface area contributed by atoms with E-state index in [2.05, 4.69) is 0 Å². The third-order valence-corrected chi connectivity index (χ3v) is 4.02. The Morgan fingerprint density at radius 1 is 1.32 bits per heavy atom. The topological polar surface area (TPSA) is 35.2 Å². The lowest BCUT2D eigenvalue weighted by molar-refractivity contribution is -0.0481. The molecule has 0 bridgehead atoms. The molecule has 1 aromatic rings. The molecule has 0 saturated heterocycles. The molecule has 0 heterocycles. The Morgan fingerprint density at radius 2 is 1.95 bits per heavy atom. The predicted molar refractivity (Wildman–Crippen MR) is 71.6 cm³/mol. The van der Waals surface area contributed by atoms with Crippen LogP contribution in [0, 0.1) is 5.92 Å². The van der Waals surface area contributed by atoms with Crippen molar-refractivity contribution in [1.29, 1.82) is 0 Å². The molecule has 1 aliphatic carbocycles. The summed E-state index contributed by atoms with van der Waals surface area (Å²) >= 11 is 0. The first-order valence-electron chi connectivity index (χ1n) is 6.77. The van der Waals surface area contributed by atoms with Gasteiger partial charge in [0.05, 0.1) is 7.11 Å². The Kier molecular flexibility index (Phi) is 4.40. The first-order valence-corrected chi connectivity index (χ1v) is 6.77. The van der Waals surface area contributed by atoms with E-state index >= 15 is 0 Å². The van der Waals surface area contributed by atoms with Crippen LogP contribution in [0.5, 0.6) is 5.75 Å². The average Bonchev–Trinajstić information content (AvgIpc) is 2.39. The lowest BCUT2D eigenvalue weighted by Gasteiger charge is -2.32. The molecule has 0 radical (unpaired) electrons. The lowest BCUT2D eigenvalue weighted by Crippen LogP contribution is -2.37. The van der Waals surface area contributed by atoms with Crippen LogP contribution >= 0.6 is 0 Å². The van der Waals surface area contributed by atoms with Crippen LogP contribution in [0.2, 0.25) is 0 Å². The van der Waals surface area contributed by atoms with Crippen LogP contribution in [0.3, 0.4) is 0 Å². The van der Waals surface area contributed by atoms with E-state index in [1.165, 1.54) is 0 Å². The van der Waals surface area contributed by atoms with Crippen molar-refractivity contribution in [2.45, 2.75) is 44.1 Å². The molecule has 1 aromatic carbocycles. The number of hydrogen-bond donors (Lipinski definition) is 1. The van der Waals surface area contributed by atoms with Crippen molar-refractivity contribution >= 4 is 0 Å². The molecular weight excluding hydrogens is 248 g/mol. The molecule has 1 fully saturated rings. The summed E-state index contributed by atoms with van der Waals surface area (Å²) in [4.78, 5) is 0. The number of alkyl halides is 2. The first-order chi connectivity index (χ1) is 9.02. The van der Waals surface area contributed by atoms with Crippen molar-refractivity contribution in [3.05, 3.63) is 29.8 Å². The molecule has 0 aliphatic heterocycles. The number of benzene rings is 1. The Labute approximate surface area is 112 Å². The molecule has 4 heteroatoms. The van der Waals surface area contributed by atoms with Crippen LogP contribution in [0.4, 0.5) is 8.78 Å². The number of hydrogen-bond acceptors (Lipinski definition) is 2. The predicted octanol–water partition coefficient (Wildman–Crippen LogP) is 3.39. The third-order valence-electron chi connectivity index (χ3n) is 4.02. The van der Waals surface area contributed by atoms with E-state index < -0.39 is 5.92 Å². The summed E-state index contributed by atoms with van der Waals surface area (Å²) in [5.74, 6) is -1.48. The molecule has 106 valence electrons. The number of rotatable bonds is 4. The number of methoxy groups -OCH3 is 1. The number of ether oxygens (including phenoxy) is 1. The average molecular weight is 269 g/mol. The van der Waals surface area contributed by atoms with Gasteiger partial charge in [-0.25, -0.2) is 8.78 Å². The van der Waals surface area contributed by atoms with Crippen molar-refractivity contribution in [3.63, 3.8) is 0 Å². The number of halogens is 2. The van der Waals surface area contributed by atoms with E-state index in [0.717, 1.165) is 11.3 Å². The van der Waals surface area contributed by atoms with Gasteiger partial charge >= 0.3 is 0 Å². The van der Waals surface area contributed by atoms with Crippen LogP contribution in [-0.4, -0.2) is 19.1 Å². The van der Waals surface area contributed by atoms with Crippen molar-refractivity contribution in [1.82, 2.24) is 0 Å². The second-order valence-corrected chi connectivity index (χ2v) is 5.37. The Bertz CT molecular complexity index is 412. The van der Waals surface area contributed by atoms with Gasteiger partial charge in [-0.15, -0.1) is 0 Å². The Balaban J connectivity index is 1.96. The van der Waals surface area contributed by atoms with Gasteiger partial charge in [-0.3, -0.25) is 0 Å². The quantitative estimate of drug-likeness (QED) is 0.909. The molecule has 0 aromatic heterocycles. The van der Waals surface area contributed by atoms with Gasteiger partial charge in [0.15, 0.2) is 0 Å². The minimum atomic E-state index is -2.49. The van der Waals surface area contributed by atoms with Crippen LogP contribution in [0.25, 0.3) is 0 Å². The molecule has 1 atom stereocenters. The molecule has 19 heavy (non-hydrogen) atoms. The van der Waals surface area contributed by atoms with E-state index in [4.69, 9.17) is 10.5 Å². The van der Waals surface area contributed by atoms with Crippen molar-refractivity contribution in [2.75, 3.05) is 7.11 Å². The zero-order chi connectivity index (χ0) is 13.9. The van der Waals surface area contributed by atoms with Gasteiger partial charge in [-0.1, -0.05) is 18.2 Å². The van der Waals surface area contributed by atoms with Crippen LogP contribution in [0.15, 0.2) is 24.3 Å². The van der Waals surface area contributed by atoms with Gasteiger partial charge in [0, 0.05) is 18.9 Å². The number of nitrogens with two attached hydrogens (primary N) is 1. The minimum absolute atomic E-state index is 0.0305. The van der Waals surface area contributed by atoms with Crippen LogP contribution in [-0.2, 0) is 6.42 Å². The highest BCUT2D eigenvalue weighted by Gasteiger charge is 2.36. The molecule has 2 rings (SSSR count). The highest BCUT2D eigenvalue weighted by molar-refractivity contribution is 5.33. The standard InChI is InChI=1S/C15H21F2NO/c1-19-14-5-3-2-4-12(14)10-13(18)11-6-8-15(16,17)9-7-11/h2-5,11,13H,6-10,18H2,1H3. The SMILES string of the molecule is COc1ccccc1CC(N)C1CCC(F)(F)CC1. The minimum Gasteiger partial charge on any atom is -0.496 e. The van der Waals surface area contributed by atoms with Crippen molar-refractivity contribution in [3.8, 4) is 5.75 Å². The third kappa shape index (κ3) is 3.66. The van der Waals surface area contributed by atoms with E-state index in [1.807, 2.05) is 24.3 Å². The van der Waals surface area contributed by atoms with E-state index in [0.29, 0.717) is 19.3 Å². The highest BCUT2D eigenvalue weighted by Crippen LogP contribution is 2.37. The molecule has 0 spiro atoms. The summed E-state index contributed by atoms with van der Waals surface area (Å²) in [7, 11) is 1.63. The molecule has 0 amide bonds. The largest absolute Gasteiger partial charge is 0.496 e. The molecule has 1 saturated carbocycles. The normalized spacial score (nSPS) is 21.1. The van der Waals surface area contributed by atoms with E-state index in [1.54, 1.807) is 7.11 Å². The fraction of sp³-hybridized carbons (Fsp3) is 0.600. The van der Waals surface area contributed by atoms with Gasteiger partial charge in [0.2, 0.25) is 5.92 Å². The van der Waals surface area contributed by atoms with Gasteiger partial charge < -0.3 is 10.5 Å². The van der Waals surface area contributed by atoms with Crippen molar-refractivity contribution in [2.24, 2.45) is 11.7 Å². The van der Waals surface area contributed by atoms with Gasteiger partial charge in [0.25, 0.3) is 0 Å². The maximum atomic E-state index is 13.1. The maximum absolute atomic E-state index is 13.1. The highest BCUT2D eigenvalue weighted by atomic mass is 19.3. The van der Waals surface area contributed by atoms with Gasteiger partial charge in [-0.05, 0) is 36.8 Å². The summed E-state index contributed by atoms with van der Waals surface area (Å²) in [6.45, 7) is 0. The monoisotopic (exact) mass is 269 g/mol. The zero-order valence-corrected chi connectivity index (χ0v) is 11.2. The zero-order valence-electron chi connectivity index (χ0n) is 11.2. The fourth-order valence-electron chi connectivity index (χ4n) is 2.78. The Morgan fingerprint density at radius 3 is 2.58 bits per heavy atom. The summed E-state index contributed by atoms with van der Waals surface area (Å²) < 4.78 is 31.5. The fourth-order valence-corrected chi connectivity index (χ4v) is 2.78. The van der Waals surface area contributed by atoms with Crippen LogP contribution in [0.1, 0.15) is 31.2 Å². The molecule has 1 aliphatic rings. The molecule has 1 unspecified atom stereocenters.